The van der Waals surface area contributed by atoms with E-state index in [9.17, 15) is 0 Å². The van der Waals surface area contributed by atoms with Gasteiger partial charge in [0, 0.05) is 37.2 Å². The van der Waals surface area contributed by atoms with E-state index >= 15 is 0 Å². The van der Waals surface area contributed by atoms with Crippen LogP contribution in [-0.4, -0.2) is 29.4 Å². The van der Waals surface area contributed by atoms with E-state index in [1.807, 2.05) is 36.2 Å². The van der Waals surface area contributed by atoms with E-state index in [2.05, 4.69) is 32.5 Å². The highest BCUT2D eigenvalue weighted by Crippen LogP contribution is 2.16. The molecule has 0 spiro atoms. The van der Waals surface area contributed by atoms with Gasteiger partial charge >= 0.3 is 0 Å². The van der Waals surface area contributed by atoms with E-state index in [1.54, 1.807) is 6.20 Å². The molecule has 0 saturated heterocycles. The number of nitrogens with zero attached hydrogens (tertiary/aromatic N) is 6. The van der Waals surface area contributed by atoms with Crippen LogP contribution in [0.2, 0.25) is 0 Å². The molecule has 3 aromatic rings. The maximum atomic E-state index is 4.41. The van der Waals surface area contributed by atoms with Crippen molar-refractivity contribution in [3.8, 4) is 0 Å². The lowest BCUT2D eigenvalue weighted by molar-refractivity contribution is 0.730. The highest BCUT2D eigenvalue weighted by atomic mass is 15.3. The summed E-state index contributed by atoms with van der Waals surface area (Å²) < 4.78 is 3.81. The molecule has 0 atom stereocenters. The van der Waals surface area contributed by atoms with E-state index in [0.29, 0.717) is 6.54 Å². The molecule has 0 aliphatic rings. The highest BCUT2D eigenvalue weighted by molar-refractivity contribution is 5.62. The van der Waals surface area contributed by atoms with Gasteiger partial charge in [-0.1, -0.05) is 0 Å². The van der Waals surface area contributed by atoms with Crippen LogP contribution in [0.5, 0.6) is 0 Å². The number of rotatable bonds is 3. The molecule has 3 rings (SSSR count). The van der Waals surface area contributed by atoms with Crippen molar-refractivity contribution in [1.82, 2.24) is 29.4 Å². The van der Waals surface area contributed by atoms with E-state index in [4.69, 9.17) is 0 Å². The van der Waals surface area contributed by atoms with Crippen molar-refractivity contribution >= 4 is 11.5 Å². The molecule has 0 unspecified atom stereocenters. The molecule has 0 aliphatic carbocycles. The fourth-order valence-corrected chi connectivity index (χ4v) is 2.31. The summed E-state index contributed by atoms with van der Waals surface area (Å²) in [5.74, 6) is 1.58. The van der Waals surface area contributed by atoms with E-state index in [-0.39, 0.29) is 0 Å². The summed E-state index contributed by atoms with van der Waals surface area (Å²) in [6.07, 6.45) is 3.60. The zero-order valence-corrected chi connectivity index (χ0v) is 12.0. The van der Waals surface area contributed by atoms with Crippen LogP contribution in [0, 0.1) is 20.8 Å². The summed E-state index contributed by atoms with van der Waals surface area (Å²) in [5, 5.41) is 16.0. The van der Waals surface area contributed by atoms with E-state index in [1.165, 1.54) is 5.56 Å². The lowest BCUT2D eigenvalue weighted by Gasteiger charge is -2.07. The van der Waals surface area contributed by atoms with E-state index < -0.39 is 0 Å². The monoisotopic (exact) mass is 271 g/mol. The van der Waals surface area contributed by atoms with Gasteiger partial charge in [-0.3, -0.25) is 9.08 Å². The minimum absolute atomic E-state index is 0.671. The van der Waals surface area contributed by atoms with Crippen LogP contribution in [0.25, 0.3) is 5.65 Å². The van der Waals surface area contributed by atoms with Crippen LogP contribution in [0.15, 0.2) is 12.4 Å². The third-order valence-electron chi connectivity index (χ3n) is 3.59. The first-order chi connectivity index (χ1) is 9.58. The van der Waals surface area contributed by atoms with Gasteiger partial charge in [0.05, 0.1) is 5.69 Å². The van der Waals surface area contributed by atoms with Crippen molar-refractivity contribution in [2.24, 2.45) is 7.05 Å². The van der Waals surface area contributed by atoms with Gasteiger partial charge in [0.1, 0.15) is 5.82 Å². The summed E-state index contributed by atoms with van der Waals surface area (Å²) >= 11 is 0. The molecule has 0 radical (unpaired) electrons. The predicted octanol–water partition coefficient (Wildman–Crippen LogP) is 1.40. The maximum absolute atomic E-state index is 4.41. The molecule has 0 saturated carbocycles. The molecule has 0 fully saturated rings. The van der Waals surface area contributed by atoms with Gasteiger partial charge in [-0.05, 0) is 20.8 Å². The zero-order chi connectivity index (χ0) is 14.3. The van der Waals surface area contributed by atoms with Crippen molar-refractivity contribution in [2.75, 3.05) is 5.32 Å². The number of fused-ring (bicyclic) bond motifs is 1. The Morgan fingerprint density at radius 2 is 2.00 bits per heavy atom. The number of hydrogen-bond acceptors (Lipinski definition) is 5. The number of anilines is 1. The zero-order valence-electron chi connectivity index (χ0n) is 12.0. The first kappa shape index (κ1) is 12.6. The third kappa shape index (κ3) is 1.91. The van der Waals surface area contributed by atoms with Crippen molar-refractivity contribution in [3.05, 3.63) is 35.2 Å². The Balaban J connectivity index is 1.90. The number of hydrogen-bond donors (Lipinski definition) is 1. The maximum Gasteiger partial charge on any atom is 0.203 e. The van der Waals surface area contributed by atoms with Crippen LogP contribution >= 0.6 is 0 Å². The Morgan fingerprint density at radius 3 is 2.70 bits per heavy atom. The van der Waals surface area contributed by atoms with Crippen LogP contribution < -0.4 is 5.32 Å². The molecule has 3 heterocycles. The standard InChI is InChI=1S/C13H17N7/c1-8-11(9(2)19(4)18-8)7-15-12-13-17-16-10(3)20(13)6-5-14-12/h5-6H,7H2,1-4H3,(H,14,15). The van der Waals surface area contributed by atoms with Gasteiger partial charge in [-0.15, -0.1) is 10.2 Å². The van der Waals surface area contributed by atoms with Gasteiger partial charge in [0.25, 0.3) is 0 Å². The van der Waals surface area contributed by atoms with Gasteiger partial charge in [-0.25, -0.2) is 4.98 Å². The SMILES string of the molecule is Cc1nn(C)c(C)c1CNc1nccn2c(C)nnc12. The topological polar surface area (TPSA) is 72.9 Å². The fourth-order valence-electron chi connectivity index (χ4n) is 2.31. The van der Waals surface area contributed by atoms with Gasteiger partial charge in [-0.2, -0.15) is 5.10 Å². The second kappa shape index (κ2) is 4.59. The second-order valence-electron chi connectivity index (χ2n) is 4.84. The first-order valence-electron chi connectivity index (χ1n) is 6.47. The van der Waals surface area contributed by atoms with Crippen molar-refractivity contribution in [1.29, 1.82) is 0 Å². The summed E-state index contributed by atoms with van der Waals surface area (Å²) in [6.45, 7) is 6.66. The van der Waals surface area contributed by atoms with Crippen LogP contribution in [0.3, 0.4) is 0 Å². The molecular weight excluding hydrogens is 254 g/mol. The predicted molar refractivity (Wildman–Crippen MR) is 75.5 cm³/mol. The minimum Gasteiger partial charge on any atom is -0.363 e. The minimum atomic E-state index is 0.671. The average molecular weight is 271 g/mol. The van der Waals surface area contributed by atoms with Crippen molar-refractivity contribution in [2.45, 2.75) is 27.3 Å². The average Bonchev–Trinajstić information content (AvgIpc) is 2.91. The van der Waals surface area contributed by atoms with Crippen LogP contribution in [0.1, 0.15) is 22.8 Å². The Hall–Kier alpha value is -2.44. The molecule has 104 valence electrons. The summed E-state index contributed by atoms with van der Waals surface area (Å²) in [7, 11) is 1.95. The molecular formula is C13H17N7. The summed E-state index contributed by atoms with van der Waals surface area (Å²) in [6, 6.07) is 0. The molecule has 0 bridgehead atoms. The molecule has 20 heavy (non-hydrogen) atoms. The summed E-state index contributed by atoms with van der Waals surface area (Å²) in [5.41, 5.74) is 4.11. The number of aromatic nitrogens is 6. The van der Waals surface area contributed by atoms with Gasteiger partial charge < -0.3 is 5.32 Å². The van der Waals surface area contributed by atoms with Gasteiger partial charge in [0.2, 0.25) is 5.65 Å². The molecule has 1 N–H and O–H groups in total. The fraction of sp³-hybridized carbons (Fsp3) is 0.385. The highest BCUT2D eigenvalue weighted by Gasteiger charge is 2.11. The number of nitrogens with one attached hydrogen (secondary N) is 1. The molecule has 0 amide bonds. The quantitative estimate of drug-likeness (QED) is 0.779. The molecule has 7 heteroatoms. The Kier molecular flexibility index (Phi) is 2.89. The Morgan fingerprint density at radius 1 is 1.20 bits per heavy atom. The Bertz CT molecular complexity index is 768. The normalized spacial score (nSPS) is 11.2. The number of aryl methyl sites for hydroxylation is 3. The van der Waals surface area contributed by atoms with Crippen molar-refractivity contribution in [3.63, 3.8) is 0 Å². The molecule has 0 aromatic carbocycles. The lowest BCUT2D eigenvalue weighted by Crippen LogP contribution is -2.05. The smallest absolute Gasteiger partial charge is 0.203 e. The molecule has 0 aliphatic heterocycles. The van der Waals surface area contributed by atoms with E-state index in [0.717, 1.165) is 28.7 Å². The lowest BCUT2D eigenvalue weighted by atomic mass is 10.2. The van der Waals surface area contributed by atoms with Crippen LogP contribution in [-0.2, 0) is 13.6 Å². The van der Waals surface area contributed by atoms with Gasteiger partial charge in [0.15, 0.2) is 5.82 Å². The summed E-state index contributed by atoms with van der Waals surface area (Å²) in [4.78, 5) is 4.34. The second-order valence-corrected chi connectivity index (χ2v) is 4.84. The molecule has 7 nitrogen and oxygen atoms in total. The largest absolute Gasteiger partial charge is 0.363 e. The van der Waals surface area contributed by atoms with Crippen molar-refractivity contribution < 1.29 is 0 Å². The van der Waals surface area contributed by atoms with Crippen LogP contribution in [0.4, 0.5) is 5.82 Å². The third-order valence-corrected chi connectivity index (χ3v) is 3.59. The first-order valence-corrected chi connectivity index (χ1v) is 6.47. The molecule has 3 aromatic heterocycles. The Labute approximate surface area is 116 Å².